The van der Waals surface area contributed by atoms with Crippen LogP contribution in [0.5, 0.6) is 0 Å². The number of aliphatic hydroxyl groups is 1. The lowest BCUT2D eigenvalue weighted by Gasteiger charge is -2.37. The van der Waals surface area contributed by atoms with Crippen LogP contribution in [0.3, 0.4) is 0 Å². The molecule has 0 heterocycles. The monoisotopic (exact) mass is 229 g/mol. The topological polar surface area (TPSA) is 77.8 Å². The molecule has 0 aromatic carbocycles. The first-order valence-corrected chi connectivity index (χ1v) is 5.77. The second kappa shape index (κ2) is 6.48. The van der Waals surface area contributed by atoms with Crippen LogP contribution in [-0.4, -0.2) is 46.2 Å². The average Bonchev–Trinajstić information content (AvgIpc) is 2.17. The van der Waals surface area contributed by atoms with E-state index in [1.165, 1.54) is 0 Å². The molecule has 1 amide bonds. The first kappa shape index (κ1) is 13.0. The molecule has 1 saturated carbocycles. The summed E-state index contributed by atoms with van der Waals surface area (Å²) in [5.74, 6) is -1.04. The van der Waals surface area contributed by atoms with Gasteiger partial charge in [-0.05, 0) is 25.7 Å². The minimum absolute atomic E-state index is 0.0649. The van der Waals surface area contributed by atoms with E-state index >= 15 is 0 Å². The summed E-state index contributed by atoms with van der Waals surface area (Å²) in [7, 11) is 0. The van der Waals surface area contributed by atoms with Crippen LogP contribution in [-0.2, 0) is 9.59 Å². The highest BCUT2D eigenvalue weighted by Crippen LogP contribution is 2.25. The zero-order valence-corrected chi connectivity index (χ0v) is 9.39. The first-order chi connectivity index (χ1) is 7.65. The van der Waals surface area contributed by atoms with E-state index in [2.05, 4.69) is 0 Å². The van der Waals surface area contributed by atoms with Gasteiger partial charge < -0.3 is 15.1 Å². The van der Waals surface area contributed by atoms with E-state index in [4.69, 9.17) is 10.2 Å². The molecule has 92 valence electrons. The Morgan fingerprint density at radius 1 is 1.25 bits per heavy atom. The Kier molecular flexibility index (Phi) is 5.25. The molecule has 0 aromatic heterocycles. The third-order valence-electron chi connectivity index (χ3n) is 2.95. The minimum atomic E-state index is -0.941. The third-order valence-corrected chi connectivity index (χ3v) is 2.95. The number of amides is 1. The summed E-state index contributed by atoms with van der Waals surface area (Å²) >= 11 is 0. The Bertz CT molecular complexity index is 250. The van der Waals surface area contributed by atoms with Crippen molar-refractivity contribution < 1.29 is 19.8 Å². The number of hydrogen-bond acceptors (Lipinski definition) is 3. The zero-order chi connectivity index (χ0) is 12.0. The van der Waals surface area contributed by atoms with Crippen LogP contribution in [0.25, 0.3) is 0 Å². The van der Waals surface area contributed by atoms with Crippen molar-refractivity contribution in [1.82, 2.24) is 4.90 Å². The van der Waals surface area contributed by atoms with Crippen molar-refractivity contribution in [3.8, 4) is 0 Å². The van der Waals surface area contributed by atoms with Crippen LogP contribution in [0, 0.1) is 0 Å². The van der Waals surface area contributed by atoms with Gasteiger partial charge in [-0.2, -0.15) is 0 Å². The molecule has 0 atom stereocenters. The molecule has 16 heavy (non-hydrogen) atoms. The summed E-state index contributed by atoms with van der Waals surface area (Å²) in [5.41, 5.74) is 0. The van der Waals surface area contributed by atoms with E-state index in [0.717, 1.165) is 19.3 Å². The Morgan fingerprint density at radius 2 is 1.94 bits per heavy atom. The average molecular weight is 229 g/mol. The van der Waals surface area contributed by atoms with Crippen molar-refractivity contribution in [1.29, 1.82) is 0 Å². The molecule has 0 spiro atoms. The Hall–Kier alpha value is -1.10. The fourth-order valence-electron chi connectivity index (χ4n) is 1.81. The molecule has 0 bridgehead atoms. The number of carbonyl (C=O) groups excluding carboxylic acids is 1. The molecule has 5 heteroatoms. The van der Waals surface area contributed by atoms with Crippen molar-refractivity contribution in [2.24, 2.45) is 0 Å². The fourth-order valence-corrected chi connectivity index (χ4v) is 1.81. The molecule has 1 aliphatic rings. The van der Waals surface area contributed by atoms with E-state index in [9.17, 15) is 9.59 Å². The van der Waals surface area contributed by atoms with Crippen molar-refractivity contribution in [2.45, 2.75) is 44.6 Å². The van der Waals surface area contributed by atoms with E-state index in [1.807, 2.05) is 0 Å². The van der Waals surface area contributed by atoms with Gasteiger partial charge >= 0.3 is 5.97 Å². The standard InChI is InChI=1S/C11H19NO4/c13-8-2-7-12(9-3-1-4-9)10(14)5-6-11(15)16/h9,13H,1-8H2,(H,15,16). The summed E-state index contributed by atoms with van der Waals surface area (Å²) in [6.45, 7) is 0.606. The maximum absolute atomic E-state index is 11.8. The number of carboxylic acid groups (broad SMARTS) is 1. The summed E-state index contributed by atoms with van der Waals surface area (Å²) in [4.78, 5) is 23.9. The van der Waals surface area contributed by atoms with Gasteiger partial charge in [0.05, 0.1) is 6.42 Å². The van der Waals surface area contributed by atoms with Crippen molar-refractivity contribution in [3.63, 3.8) is 0 Å². The second-order valence-corrected chi connectivity index (χ2v) is 4.14. The molecule has 0 radical (unpaired) electrons. The van der Waals surface area contributed by atoms with E-state index in [1.54, 1.807) is 4.90 Å². The van der Waals surface area contributed by atoms with Gasteiger partial charge in [-0.25, -0.2) is 0 Å². The van der Waals surface area contributed by atoms with Gasteiger partial charge in [0.15, 0.2) is 0 Å². The molecule has 0 aliphatic heterocycles. The summed E-state index contributed by atoms with van der Waals surface area (Å²) in [5, 5.41) is 17.3. The number of aliphatic carboxylic acids is 1. The van der Waals surface area contributed by atoms with Gasteiger partial charge in [0.1, 0.15) is 0 Å². The Labute approximate surface area is 95.1 Å². The normalized spacial score (nSPS) is 15.6. The first-order valence-electron chi connectivity index (χ1n) is 5.77. The number of carboxylic acids is 1. The fraction of sp³-hybridized carbons (Fsp3) is 0.818. The highest BCUT2D eigenvalue weighted by molar-refractivity contribution is 5.81. The van der Waals surface area contributed by atoms with Crippen LogP contribution in [0.15, 0.2) is 0 Å². The van der Waals surface area contributed by atoms with Gasteiger partial charge in [-0.1, -0.05) is 0 Å². The van der Waals surface area contributed by atoms with Gasteiger partial charge in [0, 0.05) is 25.6 Å². The molecule has 5 nitrogen and oxygen atoms in total. The lowest BCUT2D eigenvalue weighted by molar-refractivity contribution is -0.142. The van der Waals surface area contributed by atoms with Crippen LogP contribution >= 0.6 is 0 Å². The number of nitrogens with zero attached hydrogens (tertiary/aromatic N) is 1. The summed E-state index contributed by atoms with van der Waals surface area (Å²) in [6, 6.07) is 0.271. The molecule has 0 unspecified atom stereocenters. The van der Waals surface area contributed by atoms with Crippen molar-refractivity contribution in [3.05, 3.63) is 0 Å². The minimum Gasteiger partial charge on any atom is -0.481 e. The van der Waals surface area contributed by atoms with Gasteiger partial charge in [-0.3, -0.25) is 9.59 Å². The second-order valence-electron chi connectivity index (χ2n) is 4.14. The molecular formula is C11H19NO4. The van der Waals surface area contributed by atoms with Crippen LogP contribution in [0.4, 0.5) is 0 Å². The van der Waals surface area contributed by atoms with Crippen LogP contribution < -0.4 is 0 Å². The number of hydrogen-bond donors (Lipinski definition) is 2. The van der Waals surface area contributed by atoms with E-state index < -0.39 is 5.97 Å². The lowest BCUT2D eigenvalue weighted by atomic mass is 9.91. The SMILES string of the molecule is O=C(O)CCC(=O)N(CCCO)C1CCC1. The highest BCUT2D eigenvalue weighted by Gasteiger charge is 2.28. The van der Waals surface area contributed by atoms with Crippen molar-refractivity contribution >= 4 is 11.9 Å². The summed E-state index contributed by atoms with van der Waals surface area (Å²) < 4.78 is 0. The maximum atomic E-state index is 11.8. The predicted molar refractivity (Wildman–Crippen MR) is 57.9 cm³/mol. The Balaban J connectivity index is 2.39. The maximum Gasteiger partial charge on any atom is 0.303 e. The number of aliphatic hydroxyl groups excluding tert-OH is 1. The molecule has 1 aliphatic carbocycles. The quantitative estimate of drug-likeness (QED) is 0.670. The van der Waals surface area contributed by atoms with Gasteiger partial charge in [0.25, 0.3) is 0 Å². The molecule has 0 saturated heterocycles. The Morgan fingerprint density at radius 3 is 2.38 bits per heavy atom. The third kappa shape index (κ3) is 3.81. The molecule has 1 fully saturated rings. The predicted octanol–water partition coefficient (Wildman–Crippen LogP) is 0.615. The smallest absolute Gasteiger partial charge is 0.303 e. The molecule has 1 rings (SSSR count). The lowest BCUT2D eigenvalue weighted by Crippen LogP contribution is -2.45. The van der Waals surface area contributed by atoms with Crippen molar-refractivity contribution in [2.75, 3.05) is 13.2 Å². The van der Waals surface area contributed by atoms with Crippen LogP contribution in [0.1, 0.15) is 38.5 Å². The van der Waals surface area contributed by atoms with Gasteiger partial charge in [-0.15, -0.1) is 0 Å². The number of rotatable bonds is 7. The largest absolute Gasteiger partial charge is 0.481 e. The number of carbonyl (C=O) groups is 2. The molecular weight excluding hydrogens is 210 g/mol. The van der Waals surface area contributed by atoms with Crippen LogP contribution in [0.2, 0.25) is 0 Å². The van der Waals surface area contributed by atoms with Gasteiger partial charge in [0.2, 0.25) is 5.91 Å². The molecule has 2 N–H and O–H groups in total. The summed E-state index contributed by atoms with van der Waals surface area (Å²) in [6.07, 6.45) is 3.66. The molecule has 0 aromatic rings. The highest BCUT2D eigenvalue weighted by atomic mass is 16.4. The zero-order valence-electron chi connectivity index (χ0n) is 9.39. The van der Waals surface area contributed by atoms with E-state index in [0.29, 0.717) is 13.0 Å². The van der Waals surface area contributed by atoms with E-state index in [-0.39, 0.29) is 31.4 Å².